The number of hydrogen-bond donors (Lipinski definition) is 1. The molecule has 2 aromatic heterocycles. The van der Waals surface area contributed by atoms with Gasteiger partial charge in [-0.05, 0) is 60.5 Å². The Morgan fingerprint density at radius 1 is 0.906 bits per heavy atom. The number of halogens is 2. The Hall–Kier alpha value is -3.59. The molecule has 0 spiro atoms. The van der Waals surface area contributed by atoms with Crippen LogP contribution in [0.25, 0.3) is 17.1 Å². The van der Waals surface area contributed by atoms with E-state index in [0.717, 1.165) is 11.1 Å². The Bertz CT molecular complexity index is 1180. The lowest BCUT2D eigenvalue weighted by atomic mass is 10.1. The van der Waals surface area contributed by atoms with Gasteiger partial charge in [-0.3, -0.25) is 14.3 Å². The Labute approximate surface area is 187 Å². The third-order valence-electron chi connectivity index (χ3n) is 4.64. The number of aromatic nitrogens is 4. The van der Waals surface area contributed by atoms with Crippen molar-refractivity contribution in [3.8, 4) is 17.1 Å². The van der Waals surface area contributed by atoms with E-state index in [1.165, 1.54) is 36.0 Å². The molecule has 1 N–H and O–H groups in total. The summed E-state index contributed by atoms with van der Waals surface area (Å²) < 4.78 is 28.2. The largest absolute Gasteiger partial charge is 0.355 e. The van der Waals surface area contributed by atoms with E-state index in [-0.39, 0.29) is 23.3 Å². The number of pyridine rings is 1. The van der Waals surface area contributed by atoms with Gasteiger partial charge < -0.3 is 5.32 Å². The number of carbonyl (C=O) groups is 1. The van der Waals surface area contributed by atoms with Crippen molar-refractivity contribution in [2.45, 2.75) is 11.6 Å². The topological polar surface area (TPSA) is 72.7 Å². The van der Waals surface area contributed by atoms with Crippen LogP contribution in [-0.2, 0) is 11.2 Å². The summed E-state index contributed by atoms with van der Waals surface area (Å²) in [7, 11) is 0. The predicted octanol–water partition coefficient (Wildman–Crippen LogP) is 4.06. The van der Waals surface area contributed by atoms with E-state index >= 15 is 0 Å². The fourth-order valence-corrected chi connectivity index (χ4v) is 3.83. The van der Waals surface area contributed by atoms with E-state index < -0.39 is 0 Å². The van der Waals surface area contributed by atoms with Gasteiger partial charge in [-0.1, -0.05) is 23.9 Å². The predicted molar refractivity (Wildman–Crippen MR) is 118 cm³/mol. The van der Waals surface area contributed by atoms with Gasteiger partial charge >= 0.3 is 0 Å². The monoisotopic (exact) mass is 451 g/mol. The van der Waals surface area contributed by atoms with Crippen LogP contribution in [0.1, 0.15) is 5.56 Å². The molecule has 0 fully saturated rings. The van der Waals surface area contributed by atoms with Gasteiger partial charge in [0.2, 0.25) is 5.91 Å². The van der Waals surface area contributed by atoms with Crippen LogP contribution in [0.2, 0.25) is 0 Å². The Morgan fingerprint density at radius 2 is 1.56 bits per heavy atom. The first-order chi connectivity index (χ1) is 15.6. The molecule has 0 radical (unpaired) electrons. The molecule has 2 heterocycles. The number of thioether (sulfide) groups is 1. The molecule has 0 saturated carbocycles. The van der Waals surface area contributed by atoms with Crippen LogP contribution in [0.4, 0.5) is 8.78 Å². The number of nitrogens with zero attached hydrogens (tertiary/aromatic N) is 4. The van der Waals surface area contributed by atoms with Gasteiger partial charge in [0.15, 0.2) is 11.0 Å². The van der Waals surface area contributed by atoms with Crippen LogP contribution in [0.5, 0.6) is 0 Å². The lowest BCUT2D eigenvalue weighted by Gasteiger charge is -2.10. The highest BCUT2D eigenvalue weighted by atomic mass is 32.2. The molecule has 0 bridgehead atoms. The minimum atomic E-state index is -0.345. The minimum Gasteiger partial charge on any atom is -0.355 e. The van der Waals surface area contributed by atoms with Crippen LogP contribution in [0, 0.1) is 11.6 Å². The van der Waals surface area contributed by atoms with E-state index in [1.807, 2.05) is 0 Å². The third kappa shape index (κ3) is 5.36. The lowest BCUT2D eigenvalue weighted by molar-refractivity contribution is -0.118. The highest BCUT2D eigenvalue weighted by molar-refractivity contribution is 7.99. The zero-order chi connectivity index (χ0) is 22.3. The Kier molecular flexibility index (Phi) is 6.86. The smallest absolute Gasteiger partial charge is 0.230 e. The van der Waals surface area contributed by atoms with Crippen LogP contribution in [0.15, 0.2) is 78.2 Å². The number of hydrogen-bond acceptors (Lipinski definition) is 5. The summed E-state index contributed by atoms with van der Waals surface area (Å²) in [6.07, 6.45) is 3.91. The number of amides is 1. The number of nitrogens with one attached hydrogen (secondary N) is 1. The maximum Gasteiger partial charge on any atom is 0.230 e. The molecule has 9 heteroatoms. The molecule has 0 unspecified atom stereocenters. The van der Waals surface area contributed by atoms with Crippen molar-refractivity contribution in [2.24, 2.45) is 0 Å². The van der Waals surface area contributed by atoms with Gasteiger partial charge in [0, 0.05) is 30.2 Å². The standard InChI is InChI=1S/C23H19F2N5OS/c24-18-3-1-16(2-4-18)9-14-27-21(31)15-32-23-29-28-22(17-10-12-26-13-11-17)30(23)20-7-5-19(25)6-8-20/h1-8,10-13H,9,14-15H2,(H,27,31). The van der Waals surface area contributed by atoms with Crippen molar-refractivity contribution >= 4 is 17.7 Å². The molecule has 0 aliphatic rings. The van der Waals surface area contributed by atoms with Crippen LogP contribution in [0.3, 0.4) is 0 Å². The van der Waals surface area contributed by atoms with Crippen LogP contribution >= 0.6 is 11.8 Å². The quantitative estimate of drug-likeness (QED) is 0.409. The summed E-state index contributed by atoms with van der Waals surface area (Å²) in [4.78, 5) is 16.3. The zero-order valence-electron chi connectivity index (χ0n) is 16.9. The van der Waals surface area contributed by atoms with Gasteiger partial charge in [0.05, 0.1) is 5.75 Å². The fraction of sp³-hybridized carbons (Fsp3) is 0.130. The average molecular weight is 452 g/mol. The van der Waals surface area contributed by atoms with Crippen LogP contribution < -0.4 is 5.32 Å². The Balaban J connectivity index is 1.45. The van der Waals surface area contributed by atoms with E-state index in [2.05, 4.69) is 20.5 Å². The highest BCUT2D eigenvalue weighted by Crippen LogP contribution is 2.27. The van der Waals surface area contributed by atoms with Gasteiger partial charge in [-0.2, -0.15) is 0 Å². The summed E-state index contributed by atoms with van der Waals surface area (Å²) in [6, 6.07) is 15.8. The van der Waals surface area contributed by atoms with Gasteiger partial charge in [-0.25, -0.2) is 8.78 Å². The van der Waals surface area contributed by atoms with Crippen molar-refractivity contribution in [1.82, 2.24) is 25.1 Å². The van der Waals surface area contributed by atoms with E-state index in [1.54, 1.807) is 53.4 Å². The maximum absolute atomic E-state index is 13.4. The summed E-state index contributed by atoms with van der Waals surface area (Å²) in [6.45, 7) is 0.442. The molecule has 6 nitrogen and oxygen atoms in total. The van der Waals surface area contributed by atoms with E-state index in [4.69, 9.17) is 0 Å². The lowest BCUT2D eigenvalue weighted by Crippen LogP contribution is -2.27. The van der Waals surface area contributed by atoms with Crippen molar-refractivity contribution in [2.75, 3.05) is 12.3 Å². The second-order valence-corrected chi connectivity index (χ2v) is 7.81. The molecule has 0 saturated heterocycles. The highest BCUT2D eigenvalue weighted by Gasteiger charge is 2.17. The summed E-state index contributed by atoms with van der Waals surface area (Å²) >= 11 is 1.24. The minimum absolute atomic E-state index is 0.138. The molecule has 0 aliphatic heterocycles. The van der Waals surface area contributed by atoms with E-state index in [9.17, 15) is 13.6 Å². The molecule has 162 valence electrons. The molecule has 32 heavy (non-hydrogen) atoms. The normalized spacial score (nSPS) is 10.8. The number of carbonyl (C=O) groups excluding carboxylic acids is 1. The summed E-state index contributed by atoms with van der Waals surface area (Å²) in [5.74, 6) is -0.0823. The maximum atomic E-state index is 13.4. The van der Waals surface area contributed by atoms with E-state index in [0.29, 0.717) is 29.6 Å². The van der Waals surface area contributed by atoms with Crippen molar-refractivity contribution in [3.05, 3.63) is 90.3 Å². The first-order valence-corrected chi connectivity index (χ1v) is 10.8. The first kappa shape index (κ1) is 21.6. The first-order valence-electron chi connectivity index (χ1n) is 9.86. The molecular formula is C23H19F2N5OS. The number of benzene rings is 2. The molecule has 0 atom stereocenters. The number of rotatable bonds is 8. The Morgan fingerprint density at radius 3 is 2.25 bits per heavy atom. The van der Waals surface area contributed by atoms with Crippen molar-refractivity contribution in [3.63, 3.8) is 0 Å². The van der Waals surface area contributed by atoms with Crippen LogP contribution in [-0.4, -0.2) is 38.0 Å². The molecule has 4 aromatic rings. The summed E-state index contributed by atoms with van der Waals surface area (Å²) in [5.41, 5.74) is 2.42. The molecule has 4 rings (SSSR count). The summed E-state index contributed by atoms with van der Waals surface area (Å²) in [5, 5.41) is 11.9. The molecule has 2 aromatic carbocycles. The van der Waals surface area contributed by atoms with Crippen molar-refractivity contribution in [1.29, 1.82) is 0 Å². The molecular weight excluding hydrogens is 432 g/mol. The molecule has 1 amide bonds. The van der Waals surface area contributed by atoms with Gasteiger partial charge in [-0.15, -0.1) is 10.2 Å². The van der Waals surface area contributed by atoms with Crippen molar-refractivity contribution < 1.29 is 13.6 Å². The SMILES string of the molecule is O=C(CSc1nnc(-c2ccncc2)n1-c1ccc(F)cc1)NCCc1ccc(F)cc1. The third-order valence-corrected chi connectivity index (χ3v) is 5.57. The molecule has 0 aliphatic carbocycles. The van der Waals surface area contributed by atoms with Gasteiger partial charge in [0.25, 0.3) is 0 Å². The van der Waals surface area contributed by atoms with Gasteiger partial charge in [0.1, 0.15) is 11.6 Å². The second-order valence-electron chi connectivity index (χ2n) is 6.87. The zero-order valence-corrected chi connectivity index (χ0v) is 17.7. The average Bonchev–Trinajstić information content (AvgIpc) is 3.24. The fourth-order valence-electron chi connectivity index (χ4n) is 3.05. The second kappa shape index (κ2) is 10.1.